The lowest BCUT2D eigenvalue weighted by molar-refractivity contribution is -0.139. The molecule has 0 atom stereocenters. The van der Waals surface area contributed by atoms with Crippen LogP contribution in [-0.2, 0) is 9.59 Å². The quantitative estimate of drug-likeness (QED) is 0.521. The SMILES string of the molecule is CCOc1cc(/C=C2/SC(=S)N(c3cccc(F)c3)C2=O)ccc1OCC(=O)O. The fourth-order valence-electron chi connectivity index (χ4n) is 2.60. The lowest BCUT2D eigenvalue weighted by Gasteiger charge is -2.14. The summed E-state index contributed by atoms with van der Waals surface area (Å²) in [5, 5.41) is 8.77. The minimum Gasteiger partial charge on any atom is -0.490 e. The van der Waals surface area contributed by atoms with E-state index in [4.69, 9.17) is 26.8 Å². The van der Waals surface area contributed by atoms with Crippen molar-refractivity contribution in [1.82, 2.24) is 0 Å². The van der Waals surface area contributed by atoms with Gasteiger partial charge in [-0.25, -0.2) is 9.18 Å². The van der Waals surface area contributed by atoms with Crippen molar-refractivity contribution in [3.8, 4) is 11.5 Å². The van der Waals surface area contributed by atoms with Crippen molar-refractivity contribution in [2.75, 3.05) is 18.1 Å². The number of nitrogens with zero attached hydrogens (tertiary/aromatic N) is 1. The number of thiocarbonyl (C=S) groups is 1. The zero-order valence-electron chi connectivity index (χ0n) is 15.3. The van der Waals surface area contributed by atoms with Crippen LogP contribution in [0.5, 0.6) is 11.5 Å². The van der Waals surface area contributed by atoms with Gasteiger partial charge in [-0.1, -0.05) is 36.1 Å². The second-order valence-corrected chi connectivity index (χ2v) is 7.49. The van der Waals surface area contributed by atoms with E-state index >= 15 is 0 Å². The minimum atomic E-state index is -1.10. The topological polar surface area (TPSA) is 76.1 Å². The number of amides is 1. The molecule has 0 unspecified atom stereocenters. The highest BCUT2D eigenvalue weighted by Crippen LogP contribution is 2.37. The van der Waals surface area contributed by atoms with E-state index in [1.54, 1.807) is 37.3 Å². The molecule has 2 aromatic rings. The summed E-state index contributed by atoms with van der Waals surface area (Å²) >= 11 is 6.40. The molecule has 0 radical (unpaired) electrons. The molecule has 1 fully saturated rings. The molecule has 1 amide bonds. The van der Waals surface area contributed by atoms with Crippen LogP contribution in [0, 0.1) is 5.82 Å². The molecule has 1 aliphatic rings. The summed E-state index contributed by atoms with van der Waals surface area (Å²) in [6, 6.07) is 10.6. The maximum atomic E-state index is 13.5. The number of halogens is 1. The smallest absolute Gasteiger partial charge is 0.341 e. The first kappa shape index (κ1) is 20.8. The van der Waals surface area contributed by atoms with Crippen molar-refractivity contribution in [2.24, 2.45) is 0 Å². The highest BCUT2D eigenvalue weighted by atomic mass is 32.2. The molecular weight excluding hydrogens is 417 g/mol. The number of anilines is 1. The summed E-state index contributed by atoms with van der Waals surface area (Å²) in [5.41, 5.74) is 1.01. The van der Waals surface area contributed by atoms with Gasteiger partial charge in [-0.2, -0.15) is 0 Å². The molecule has 9 heteroatoms. The molecule has 1 N–H and O–H groups in total. The van der Waals surface area contributed by atoms with Crippen molar-refractivity contribution < 1.29 is 28.6 Å². The van der Waals surface area contributed by atoms with Crippen LogP contribution in [0.1, 0.15) is 12.5 Å². The first-order valence-electron chi connectivity index (χ1n) is 8.54. The molecule has 29 heavy (non-hydrogen) atoms. The van der Waals surface area contributed by atoms with Crippen LogP contribution in [0.2, 0.25) is 0 Å². The maximum absolute atomic E-state index is 13.5. The Labute approximate surface area is 175 Å². The van der Waals surface area contributed by atoms with Gasteiger partial charge in [-0.05, 0) is 48.9 Å². The monoisotopic (exact) mass is 433 g/mol. The number of carboxylic acid groups (broad SMARTS) is 1. The Kier molecular flexibility index (Phi) is 6.50. The standard InChI is InChI=1S/C20H16FNO5S2/c1-2-26-16-8-12(6-7-15(16)27-11-18(23)24)9-17-19(25)22(20(28)29-17)14-5-3-4-13(21)10-14/h3-10H,2,11H2,1H3,(H,23,24)/b17-9+. The van der Waals surface area contributed by atoms with Crippen molar-refractivity contribution >= 4 is 51.9 Å². The normalized spacial score (nSPS) is 15.1. The predicted octanol–water partition coefficient (Wildman–Crippen LogP) is 4.09. The number of aliphatic carboxylic acids is 1. The average molecular weight is 433 g/mol. The van der Waals surface area contributed by atoms with Gasteiger partial charge in [0.25, 0.3) is 5.91 Å². The third-order valence-electron chi connectivity index (χ3n) is 3.78. The fraction of sp³-hybridized carbons (Fsp3) is 0.150. The van der Waals surface area contributed by atoms with Crippen LogP contribution in [0.4, 0.5) is 10.1 Å². The molecule has 1 saturated heterocycles. The molecule has 0 spiro atoms. The predicted molar refractivity (Wildman–Crippen MR) is 113 cm³/mol. The summed E-state index contributed by atoms with van der Waals surface area (Å²) in [6.07, 6.45) is 1.64. The Balaban J connectivity index is 1.87. The van der Waals surface area contributed by atoms with Crippen LogP contribution < -0.4 is 14.4 Å². The van der Waals surface area contributed by atoms with E-state index in [1.807, 2.05) is 0 Å². The summed E-state index contributed by atoms with van der Waals surface area (Å²) < 4.78 is 24.6. The van der Waals surface area contributed by atoms with Crippen LogP contribution in [0.15, 0.2) is 47.4 Å². The van der Waals surface area contributed by atoms with Gasteiger partial charge < -0.3 is 14.6 Å². The van der Waals surface area contributed by atoms with E-state index < -0.39 is 18.4 Å². The second kappa shape index (κ2) is 9.06. The Morgan fingerprint density at radius 2 is 2.03 bits per heavy atom. The lowest BCUT2D eigenvalue weighted by atomic mass is 10.1. The molecule has 2 aromatic carbocycles. The first-order chi connectivity index (χ1) is 13.9. The van der Waals surface area contributed by atoms with E-state index in [9.17, 15) is 14.0 Å². The largest absolute Gasteiger partial charge is 0.490 e. The number of carbonyl (C=O) groups excluding carboxylic acids is 1. The van der Waals surface area contributed by atoms with Gasteiger partial charge in [0.1, 0.15) is 5.82 Å². The number of hydrogen-bond acceptors (Lipinski definition) is 6. The highest BCUT2D eigenvalue weighted by Gasteiger charge is 2.33. The summed E-state index contributed by atoms with van der Waals surface area (Å²) in [6.45, 7) is 1.65. The number of carbonyl (C=O) groups is 2. The molecule has 0 saturated carbocycles. The van der Waals surface area contributed by atoms with E-state index in [2.05, 4.69) is 0 Å². The molecule has 0 aromatic heterocycles. The molecule has 1 heterocycles. The molecule has 0 aliphatic carbocycles. The lowest BCUT2D eigenvalue weighted by Crippen LogP contribution is -2.27. The zero-order valence-corrected chi connectivity index (χ0v) is 16.9. The molecular formula is C20H16FNO5S2. The van der Waals surface area contributed by atoms with Crippen LogP contribution in [0.3, 0.4) is 0 Å². The van der Waals surface area contributed by atoms with E-state index in [0.717, 1.165) is 11.8 Å². The summed E-state index contributed by atoms with van der Waals surface area (Å²) in [5.74, 6) is -1.26. The first-order valence-corrected chi connectivity index (χ1v) is 9.76. The van der Waals surface area contributed by atoms with Crippen LogP contribution in [0.25, 0.3) is 6.08 Å². The number of hydrogen-bond donors (Lipinski definition) is 1. The van der Waals surface area contributed by atoms with Gasteiger partial charge in [-0.3, -0.25) is 9.69 Å². The third-order valence-corrected chi connectivity index (χ3v) is 5.08. The summed E-state index contributed by atoms with van der Waals surface area (Å²) in [4.78, 5) is 25.2. The van der Waals surface area contributed by atoms with Gasteiger partial charge in [0.2, 0.25) is 0 Å². The molecule has 3 rings (SSSR count). The molecule has 0 bridgehead atoms. The number of ether oxygens (including phenoxy) is 2. The Hall–Kier alpha value is -2.91. The molecule has 1 aliphatic heterocycles. The molecule has 6 nitrogen and oxygen atoms in total. The highest BCUT2D eigenvalue weighted by molar-refractivity contribution is 8.27. The molecule has 150 valence electrons. The van der Waals surface area contributed by atoms with Crippen molar-refractivity contribution in [3.05, 3.63) is 58.8 Å². The zero-order chi connectivity index (χ0) is 21.0. The van der Waals surface area contributed by atoms with Gasteiger partial charge in [-0.15, -0.1) is 0 Å². The van der Waals surface area contributed by atoms with E-state index in [0.29, 0.717) is 38.6 Å². The Bertz CT molecular complexity index is 1010. The minimum absolute atomic E-state index is 0.290. The van der Waals surface area contributed by atoms with Gasteiger partial charge in [0, 0.05) is 0 Å². The third kappa shape index (κ3) is 4.93. The van der Waals surface area contributed by atoms with Gasteiger partial charge >= 0.3 is 5.97 Å². The fourth-order valence-corrected chi connectivity index (χ4v) is 3.90. The Morgan fingerprint density at radius 3 is 2.72 bits per heavy atom. The van der Waals surface area contributed by atoms with Crippen molar-refractivity contribution in [3.63, 3.8) is 0 Å². The van der Waals surface area contributed by atoms with Crippen molar-refractivity contribution in [2.45, 2.75) is 6.92 Å². The van der Waals surface area contributed by atoms with E-state index in [-0.39, 0.29) is 5.91 Å². The van der Waals surface area contributed by atoms with Gasteiger partial charge in [0.15, 0.2) is 22.4 Å². The van der Waals surface area contributed by atoms with Gasteiger partial charge in [0.05, 0.1) is 17.2 Å². The number of rotatable bonds is 7. The van der Waals surface area contributed by atoms with Crippen molar-refractivity contribution in [1.29, 1.82) is 0 Å². The van der Waals surface area contributed by atoms with Crippen LogP contribution >= 0.6 is 24.0 Å². The number of carboxylic acids is 1. The number of benzene rings is 2. The second-order valence-electron chi connectivity index (χ2n) is 5.82. The Morgan fingerprint density at radius 1 is 1.24 bits per heavy atom. The summed E-state index contributed by atoms with van der Waals surface area (Å²) in [7, 11) is 0. The van der Waals surface area contributed by atoms with E-state index in [1.165, 1.54) is 23.1 Å². The maximum Gasteiger partial charge on any atom is 0.341 e. The average Bonchev–Trinajstić information content (AvgIpc) is 2.94. The van der Waals surface area contributed by atoms with Crippen LogP contribution in [-0.4, -0.2) is 34.5 Å². The number of thioether (sulfide) groups is 1.